The first-order chi connectivity index (χ1) is 9.43. The molecule has 2 N–H and O–H groups in total. The Morgan fingerprint density at radius 2 is 2.10 bits per heavy atom. The second kappa shape index (κ2) is 6.17. The molecule has 2 rings (SSSR count). The largest absolute Gasteiger partial charge is 0.496 e. The highest BCUT2D eigenvalue weighted by molar-refractivity contribution is 9.10. The summed E-state index contributed by atoms with van der Waals surface area (Å²) >= 11 is 4.02. The van der Waals surface area contributed by atoms with Crippen LogP contribution in [-0.2, 0) is 0 Å². The fourth-order valence-electron chi connectivity index (χ4n) is 1.64. The zero-order valence-corrected chi connectivity index (χ0v) is 12.6. The quantitative estimate of drug-likeness (QED) is 0.817. The lowest BCUT2D eigenvalue weighted by Crippen LogP contribution is -2.31. The van der Waals surface area contributed by atoms with Crippen LogP contribution < -0.4 is 10.2 Å². The molecule has 0 bridgehead atoms. The molecule has 1 aromatic heterocycles. The smallest absolute Gasteiger partial charge is 0.489 e. The van der Waals surface area contributed by atoms with Gasteiger partial charge in [0.05, 0.1) is 16.5 Å². The van der Waals surface area contributed by atoms with Crippen molar-refractivity contribution in [3.63, 3.8) is 0 Å². The first kappa shape index (κ1) is 15.4. The molecule has 1 aromatic carbocycles. The molecule has 9 heteroatoms. The monoisotopic (exact) mass is 363 g/mol. The van der Waals surface area contributed by atoms with Crippen molar-refractivity contribution in [2.75, 3.05) is 7.11 Å². The molecule has 0 atom stereocenters. The molecule has 0 amide bonds. The Hall–Kier alpha value is -1.03. The summed E-state index contributed by atoms with van der Waals surface area (Å²) < 4.78 is 30.8. The van der Waals surface area contributed by atoms with Gasteiger partial charge in [0.15, 0.2) is 0 Å². The van der Waals surface area contributed by atoms with E-state index < -0.39 is 13.5 Å². The maximum Gasteiger partial charge on any atom is 0.489 e. The third-order valence-corrected chi connectivity index (χ3v) is 4.23. The minimum Gasteiger partial charge on any atom is -0.496 e. The molecule has 20 heavy (non-hydrogen) atoms. The van der Waals surface area contributed by atoms with Gasteiger partial charge < -0.3 is 14.8 Å². The van der Waals surface area contributed by atoms with Crippen LogP contribution in [0.3, 0.4) is 0 Å². The molecule has 0 unspecified atom stereocenters. The van der Waals surface area contributed by atoms with Gasteiger partial charge in [-0.3, -0.25) is 0 Å². The Kier molecular flexibility index (Phi) is 4.74. The predicted octanol–water partition coefficient (Wildman–Crippen LogP) is 2.20. The van der Waals surface area contributed by atoms with E-state index in [9.17, 15) is 18.8 Å². The summed E-state index contributed by atoms with van der Waals surface area (Å²) in [5.41, 5.74) is 0.504. The van der Waals surface area contributed by atoms with Crippen molar-refractivity contribution < 1.29 is 23.6 Å². The van der Waals surface area contributed by atoms with Crippen molar-refractivity contribution in [3.8, 4) is 16.3 Å². The average Bonchev–Trinajstić information content (AvgIpc) is 2.87. The molecule has 1 heterocycles. The van der Waals surface area contributed by atoms with Gasteiger partial charge >= 0.3 is 7.12 Å². The summed E-state index contributed by atoms with van der Waals surface area (Å²) in [5.74, 6) is 0.443. The Bertz CT molecular complexity index is 624. The number of benzene rings is 1. The van der Waals surface area contributed by atoms with E-state index in [1.54, 1.807) is 0 Å². The minimum absolute atomic E-state index is 0.160. The van der Waals surface area contributed by atoms with Crippen LogP contribution in [-0.4, -0.2) is 29.3 Å². The standard InChI is InChI=1S/C11H9BBrF2NO3S/c1-19-8-2-5(6(12(17)18)3-7(8)13)11-16-4-9(20-11)10(14)15/h2-4,10,17-18H,1H3. The third-order valence-electron chi connectivity index (χ3n) is 2.57. The molecular formula is C11H9BBrF2NO3S. The number of aromatic nitrogens is 1. The van der Waals surface area contributed by atoms with E-state index in [4.69, 9.17) is 4.74 Å². The Balaban J connectivity index is 2.57. The van der Waals surface area contributed by atoms with Gasteiger partial charge in [-0.15, -0.1) is 11.3 Å². The van der Waals surface area contributed by atoms with Crippen molar-refractivity contribution in [3.05, 3.63) is 27.7 Å². The molecule has 0 saturated carbocycles. The third kappa shape index (κ3) is 3.00. The van der Waals surface area contributed by atoms with Crippen LogP contribution in [0, 0.1) is 0 Å². The number of thiazole rings is 1. The topological polar surface area (TPSA) is 62.6 Å². The normalized spacial score (nSPS) is 10.9. The molecule has 0 aliphatic rings. The van der Waals surface area contributed by atoms with E-state index >= 15 is 0 Å². The van der Waals surface area contributed by atoms with Crippen LogP contribution in [0.1, 0.15) is 11.3 Å². The van der Waals surface area contributed by atoms with E-state index in [-0.39, 0.29) is 15.3 Å². The Labute approximate surface area is 126 Å². The highest BCUT2D eigenvalue weighted by Gasteiger charge is 2.22. The van der Waals surface area contributed by atoms with Crippen LogP contribution in [0.2, 0.25) is 0 Å². The van der Waals surface area contributed by atoms with Gasteiger partial charge in [0.2, 0.25) is 0 Å². The van der Waals surface area contributed by atoms with Crippen molar-refractivity contribution in [2.24, 2.45) is 0 Å². The molecule has 0 aliphatic carbocycles. The van der Waals surface area contributed by atoms with Crippen LogP contribution >= 0.6 is 27.3 Å². The second-order valence-electron chi connectivity index (χ2n) is 3.82. The van der Waals surface area contributed by atoms with Crippen molar-refractivity contribution in [2.45, 2.75) is 6.43 Å². The Morgan fingerprint density at radius 3 is 2.60 bits per heavy atom. The number of rotatable bonds is 4. The van der Waals surface area contributed by atoms with E-state index in [1.807, 2.05) is 0 Å². The number of methoxy groups -OCH3 is 1. The highest BCUT2D eigenvalue weighted by Crippen LogP contribution is 2.34. The molecular weight excluding hydrogens is 355 g/mol. The van der Waals surface area contributed by atoms with Crippen molar-refractivity contribution in [1.29, 1.82) is 0 Å². The summed E-state index contributed by atoms with van der Waals surface area (Å²) in [6.07, 6.45) is -1.53. The molecule has 2 aromatic rings. The van der Waals surface area contributed by atoms with Crippen LogP contribution in [0.5, 0.6) is 5.75 Å². The number of hydrogen-bond acceptors (Lipinski definition) is 5. The molecule has 0 fully saturated rings. The zero-order chi connectivity index (χ0) is 14.9. The second-order valence-corrected chi connectivity index (χ2v) is 5.73. The van der Waals surface area contributed by atoms with E-state index in [1.165, 1.54) is 19.2 Å². The number of halogens is 3. The highest BCUT2D eigenvalue weighted by atomic mass is 79.9. The van der Waals surface area contributed by atoms with Gasteiger partial charge in [0.1, 0.15) is 10.8 Å². The first-order valence-electron chi connectivity index (χ1n) is 5.41. The van der Waals surface area contributed by atoms with E-state index in [0.717, 1.165) is 17.5 Å². The van der Waals surface area contributed by atoms with Gasteiger partial charge in [0, 0.05) is 11.8 Å². The zero-order valence-electron chi connectivity index (χ0n) is 10.2. The molecule has 0 radical (unpaired) electrons. The van der Waals surface area contributed by atoms with Crippen molar-refractivity contribution >= 4 is 39.8 Å². The lowest BCUT2D eigenvalue weighted by atomic mass is 9.77. The maximum atomic E-state index is 12.6. The maximum absolute atomic E-state index is 12.6. The molecule has 0 saturated heterocycles. The van der Waals surface area contributed by atoms with Gasteiger partial charge in [0.25, 0.3) is 6.43 Å². The minimum atomic E-state index is -2.61. The predicted molar refractivity (Wildman–Crippen MR) is 76.6 cm³/mol. The summed E-state index contributed by atoms with van der Waals surface area (Å²) in [4.78, 5) is 3.72. The molecule has 106 valence electrons. The fraction of sp³-hybridized carbons (Fsp3) is 0.182. The van der Waals surface area contributed by atoms with Crippen molar-refractivity contribution in [1.82, 2.24) is 4.98 Å². The van der Waals surface area contributed by atoms with E-state index in [0.29, 0.717) is 15.8 Å². The number of nitrogens with zero attached hydrogens (tertiary/aromatic N) is 1. The van der Waals surface area contributed by atoms with Gasteiger partial charge in [-0.2, -0.15) is 0 Å². The lowest BCUT2D eigenvalue weighted by molar-refractivity contribution is 0.155. The molecule has 0 spiro atoms. The summed E-state index contributed by atoms with van der Waals surface area (Å²) in [7, 11) is -0.295. The average molecular weight is 364 g/mol. The summed E-state index contributed by atoms with van der Waals surface area (Å²) in [6, 6.07) is 2.98. The number of ether oxygens (including phenoxy) is 1. The fourth-order valence-corrected chi connectivity index (χ4v) is 2.97. The lowest BCUT2D eigenvalue weighted by Gasteiger charge is -2.11. The van der Waals surface area contributed by atoms with Gasteiger partial charge in [-0.1, -0.05) is 0 Å². The van der Waals surface area contributed by atoms with E-state index in [2.05, 4.69) is 20.9 Å². The van der Waals surface area contributed by atoms with Crippen LogP contribution in [0.25, 0.3) is 10.6 Å². The summed E-state index contributed by atoms with van der Waals surface area (Å²) in [5, 5.41) is 19.1. The van der Waals surface area contributed by atoms with Crippen LogP contribution in [0.4, 0.5) is 8.78 Å². The molecule has 4 nitrogen and oxygen atoms in total. The van der Waals surface area contributed by atoms with Crippen LogP contribution in [0.15, 0.2) is 22.8 Å². The molecule has 0 aliphatic heterocycles. The SMILES string of the molecule is COc1cc(-c2ncc(C(F)F)s2)c(B(O)O)cc1Br. The van der Waals surface area contributed by atoms with Gasteiger partial charge in [-0.05, 0) is 33.5 Å². The number of hydrogen-bond donors (Lipinski definition) is 2. The van der Waals surface area contributed by atoms with Gasteiger partial charge in [-0.25, -0.2) is 13.8 Å². The first-order valence-corrected chi connectivity index (χ1v) is 7.02. The summed E-state index contributed by atoms with van der Waals surface area (Å²) in [6.45, 7) is 0. The number of alkyl halides is 2. The Morgan fingerprint density at radius 1 is 1.40 bits per heavy atom.